The van der Waals surface area contributed by atoms with Gasteiger partial charge in [-0.3, -0.25) is 4.79 Å². The topological polar surface area (TPSA) is 51.5 Å². The lowest BCUT2D eigenvalue weighted by Gasteiger charge is -2.11. The van der Waals surface area contributed by atoms with Gasteiger partial charge in [0.25, 0.3) is 5.56 Å². The summed E-state index contributed by atoms with van der Waals surface area (Å²) in [6, 6.07) is 7.20. The van der Waals surface area contributed by atoms with Gasteiger partial charge in [-0.1, -0.05) is 0 Å². The van der Waals surface area contributed by atoms with Crippen LogP contribution in [0.1, 0.15) is 5.56 Å². The summed E-state index contributed by atoms with van der Waals surface area (Å²) >= 11 is 0. The van der Waals surface area contributed by atoms with Crippen LogP contribution < -0.4 is 10.3 Å². The van der Waals surface area contributed by atoms with Crippen LogP contribution in [0.4, 0.5) is 0 Å². The van der Waals surface area contributed by atoms with Crippen LogP contribution in [-0.4, -0.2) is 23.4 Å². The fourth-order valence-electron chi connectivity index (χ4n) is 1.99. The molecular formula is C13H15NO3. The first kappa shape index (κ1) is 11.7. The van der Waals surface area contributed by atoms with Crippen LogP contribution in [0, 0.1) is 6.92 Å². The lowest BCUT2D eigenvalue weighted by molar-refractivity contribution is 0.276. The van der Waals surface area contributed by atoms with Crippen molar-refractivity contribution in [2.75, 3.05) is 13.7 Å². The lowest BCUT2D eigenvalue weighted by atomic mass is 10.1. The molecule has 0 unspecified atom stereocenters. The summed E-state index contributed by atoms with van der Waals surface area (Å²) in [5.41, 5.74) is 1.63. The highest BCUT2D eigenvalue weighted by atomic mass is 16.5. The largest absolute Gasteiger partial charge is 0.497 e. The SMILES string of the molecule is COc1ccc2c(C)cc(=O)n(CCO)c2c1. The summed E-state index contributed by atoms with van der Waals surface area (Å²) in [4.78, 5) is 11.9. The van der Waals surface area contributed by atoms with Crippen molar-refractivity contribution in [2.24, 2.45) is 0 Å². The molecule has 0 aliphatic carbocycles. The van der Waals surface area contributed by atoms with Crippen molar-refractivity contribution in [3.63, 3.8) is 0 Å². The van der Waals surface area contributed by atoms with E-state index in [0.29, 0.717) is 12.3 Å². The maximum atomic E-state index is 11.9. The fraction of sp³-hybridized carbons (Fsp3) is 0.308. The Morgan fingerprint density at radius 2 is 2.12 bits per heavy atom. The first-order valence-corrected chi connectivity index (χ1v) is 5.46. The number of ether oxygens (including phenoxy) is 1. The van der Waals surface area contributed by atoms with Crippen molar-refractivity contribution in [2.45, 2.75) is 13.5 Å². The van der Waals surface area contributed by atoms with Crippen LogP contribution >= 0.6 is 0 Å². The van der Waals surface area contributed by atoms with E-state index in [2.05, 4.69) is 0 Å². The molecule has 0 radical (unpaired) electrons. The Balaban J connectivity index is 2.81. The van der Waals surface area contributed by atoms with Crippen LogP contribution in [0.2, 0.25) is 0 Å². The molecular weight excluding hydrogens is 218 g/mol. The molecule has 0 fully saturated rings. The van der Waals surface area contributed by atoms with E-state index in [-0.39, 0.29) is 12.2 Å². The monoisotopic (exact) mass is 233 g/mol. The van der Waals surface area contributed by atoms with E-state index in [4.69, 9.17) is 9.84 Å². The number of pyridine rings is 1. The van der Waals surface area contributed by atoms with Crippen LogP contribution in [0.5, 0.6) is 5.75 Å². The second kappa shape index (κ2) is 4.59. The van der Waals surface area contributed by atoms with Gasteiger partial charge < -0.3 is 14.4 Å². The van der Waals surface area contributed by atoms with Crippen molar-refractivity contribution >= 4 is 10.9 Å². The molecule has 1 N–H and O–H groups in total. The zero-order valence-corrected chi connectivity index (χ0v) is 9.93. The fourth-order valence-corrected chi connectivity index (χ4v) is 1.99. The molecule has 1 heterocycles. The highest BCUT2D eigenvalue weighted by molar-refractivity contribution is 5.83. The van der Waals surface area contributed by atoms with E-state index >= 15 is 0 Å². The maximum absolute atomic E-state index is 11.9. The standard InChI is InChI=1S/C13H15NO3/c1-9-7-13(16)14(5-6-15)12-8-10(17-2)3-4-11(9)12/h3-4,7-8,15H,5-6H2,1-2H3. The van der Waals surface area contributed by atoms with E-state index in [9.17, 15) is 4.79 Å². The molecule has 4 nitrogen and oxygen atoms in total. The first-order chi connectivity index (χ1) is 8.17. The predicted octanol–water partition coefficient (Wildman–Crippen LogP) is 1.31. The molecule has 0 aliphatic heterocycles. The van der Waals surface area contributed by atoms with Gasteiger partial charge >= 0.3 is 0 Å². The summed E-state index contributed by atoms with van der Waals surface area (Å²) < 4.78 is 6.72. The van der Waals surface area contributed by atoms with Gasteiger partial charge in [-0.25, -0.2) is 0 Å². The van der Waals surface area contributed by atoms with E-state index in [1.54, 1.807) is 17.7 Å². The third-order valence-electron chi connectivity index (χ3n) is 2.85. The predicted molar refractivity (Wildman–Crippen MR) is 66.6 cm³/mol. The molecule has 0 bridgehead atoms. The number of aliphatic hydroxyl groups is 1. The minimum Gasteiger partial charge on any atom is -0.497 e. The van der Waals surface area contributed by atoms with Gasteiger partial charge in [0.2, 0.25) is 0 Å². The molecule has 0 atom stereocenters. The smallest absolute Gasteiger partial charge is 0.251 e. The second-order valence-electron chi connectivity index (χ2n) is 3.92. The van der Waals surface area contributed by atoms with Crippen molar-refractivity contribution < 1.29 is 9.84 Å². The second-order valence-corrected chi connectivity index (χ2v) is 3.92. The Hall–Kier alpha value is -1.81. The Morgan fingerprint density at radius 1 is 1.35 bits per heavy atom. The van der Waals surface area contributed by atoms with E-state index < -0.39 is 0 Å². The van der Waals surface area contributed by atoms with Crippen LogP contribution in [0.15, 0.2) is 29.1 Å². The number of rotatable bonds is 3. The highest BCUT2D eigenvalue weighted by Crippen LogP contribution is 2.22. The summed E-state index contributed by atoms with van der Waals surface area (Å²) in [6.07, 6.45) is 0. The average molecular weight is 233 g/mol. The summed E-state index contributed by atoms with van der Waals surface area (Å²) in [5.74, 6) is 0.703. The summed E-state index contributed by atoms with van der Waals surface area (Å²) in [6.45, 7) is 2.14. The Labute approximate surface area is 99.1 Å². The van der Waals surface area contributed by atoms with Gasteiger partial charge in [0.1, 0.15) is 5.75 Å². The number of methoxy groups -OCH3 is 1. The van der Waals surface area contributed by atoms with Gasteiger partial charge in [-0.15, -0.1) is 0 Å². The van der Waals surface area contributed by atoms with Crippen molar-refractivity contribution in [1.82, 2.24) is 4.57 Å². The minimum atomic E-state index is -0.0997. The Bertz CT molecular complexity index is 601. The number of hydrogen-bond donors (Lipinski definition) is 1. The molecule has 1 aromatic heterocycles. The third-order valence-corrected chi connectivity index (χ3v) is 2.85. The van der Waals surface area contributed by atoms with Crippen LogP contribution in [0.25, 0.3) is 10.9 Å². The lowest BCUT2D eigenvalue weighted by Crippen LogP contribution is -2.21. The molecule has 1 aromatic carbocycles. The number of benzene rings is 1. The van der Waals surface area contributed by atoms with Crippen molar-refractivity contribution in [1.29, 1.82) is 0 Å². The first-order valence-electron chi connectivity index (χ1n) is 5.46. The highest BCUT2D eigenvalue weighted by Gasteiger charge is 2.07. The molecule has 0 spiro atoms. The summed E-state index contributed by atoms with van der Waals surface area (Å²) in [5, 5.41) is 10.0. The van der Waals surface area contributed by atoms with Crippen LogP contribution in [0.3, 0.4) is 0 Å². The molecule has 90 valence electrons. The van der Waals surface area contributed by atoms with Gasteiger partial charge in [-0.2, -0.15) is 0 Å². The molecule has 0 aliphatic rings. The third kappa shape index (κ3) is 2.03. The molecule has 0 saturated carbocycles. The van der Waals surface area contributed by atoms with E-state index in [0.717, 1.165) is 16.5 Å². The molecule has 17 heavy (non-hydrogen) atoms. The van der Waals surface area contributed by atoms with Gasteiger partial charge in [0.15, 0.2) is 0 Å². The number of aryl methyl sites for hydroxylation is 1. The number of aromatic nitrogens is 1. The minimum absolute atomic E-state index is 0.0602. The van der Waals surface area contributed by atoms with Crippen molar-refractivity contribution in [3.05, 3.63) is 40.2 Å². The zero-order valence-electron chi connectivity index (χ0n) is 9.93. The normalized spacial score (nSPS) is 10.8. The molecule has 0 saturated heterocycles. The number of hydrogen-bond acceptors (Lipinski definition) is 3. The number of fused-ring (bicyclic) bond motifs is 1. The van der Waals surface area contributed by atoms with Crippen LogP contribution in [-0.2, 0) is 6.54 Å². The van der Waals surface area contributed by atoms with Gasteiger partial charge in [0, 0.05) is 24.1 Å². The average Bonchev–Trinajstić information content (AvgIpc) is 2.33. The Kier molecular flexibility index (Phi) is 3.15. The maximum Gasteiger partial charge on any atom is 0.251 e. The van der Waals surface area contributed by atoms with Gasteiger partial charge in [-0.05, 0) is 24.6 Å². The van der Waals surface area contributed by atoms with Crippen molar-refractivity contribution in [3.8, 4) is 5.75 Å². The summed E-state index contributed by atoms with van der Waals surface area (Å²) in [7, 11) is 1.59. The quantitative estimate of drug-likeness (QED) is 0.869. The van der Waals surface area contributed by atoms with E-state index in [1.165, 1.54) is 0 Å². The van der Waals surface area contributed by atoms with Gasteiger partial charge in [0.05, 0.1) is 19.2 Å². The van der Waals surface area contributed by atoms with E-state index in [1.807, 2.05) is 25.1 Å². The molecule has 2 aromatic rings. The number of aliphatic hydroxyl groups excluding tert-OH is 1. The molecule has 4 heteroatoms. The molecule has 0 amide bonds. The number of nitrogens with zero attached hydrogens (tertiary/aromatic N) is 1. The molecule has 2 rings (SSSR count). The zero-order chi connectivity index (χ0) is 12.4. The Morgan fingerprint density at radius 3 is 2.76 bits per heavy atom.